The molecule has 0 saturated carbocycles. The third kappa shape index (κ3) is 2.75. The molecule has 2 rings (SSSR count). The highest BCUT2D eigenvalue weighted by Gasteiger charge is 2.25. The average Bonchev–Trinajstić information content (AvgIpc) is 2.77. The number of carbonyl (C=O) groups is 2. The van der Waals surface area contributed by atoms with E-state index >= 15 is 0 Å². The molecule has 1 heterocycles. The van der Waals surface area contributed by atoms with Crippen LogP contribution in [0.25, 0.3) is 0 Å². The van der Waals surface area contributed by atoms with Gasteiger partial charge in [-0.2, -0.15) is 0 Å². The van der Waals surface area contributed by atoms with Crippen molar-refractivity contribution in [2.45, 2.75) is 6.42 Å². The van der Waals surface area contributed by atoms with E-state index in [0.29, 0.717) is 24.5 Å². The van der Waals surface area contributed by atoms with E-state index in [0.717, 1.165) is 0 Å². The number of benzene rings is 1. The zero-order chi connectivity index (χ0) is 12.3. The highest BCUT2D eigenvalue weighted by Crippen LogP contribution is 2.18. The minimum absolute atomic E-state index is 0.0664. The number of methoxy groups -OCH3 is 1. The number of ether oxygens (including phenoxy) is 2. The molecule has 1 saturated heterocycles. The fraction of sp³-hybridized carbons (Fsp3) is 0.333. The molecule has 1 aliphatic rings. The van der Waals surface area contributed by atoms with E-state index < -0.39 is 6.09 Å². The van der Waals surface area contributed by atoms with Crippen LogP contribution < -0.4 is 9.47 Å². The Hall–Kier alpha value is -2.04. The molecule has 90 valence electrons. The molecule has 0 atom stereocenters. The van der Waals surface area contributed by atoms with E-state index in [1.54, 1.807) is 31.4 Å². The molecule has 0 spiro atoms. The third-order valence-electron chi connectivity index (χ3n) is 2.55. The van der Waals surface area contributed by atoms with Crippen LogP contribution in [-0.2, 0) is 4.79 Å². The van der Waals surface area contributed by atoms with Crippen molar-refractivity contribution in [3.8, 4) is 11.5 Å². The maximum absolute atomic E-state index is 11.6. The zero-order valence-corrected chi connectivity index (χ0v) is 9.51. The second-order valence-electron chi connectivity index (χ2n) is 3.75. The molecule has 1 amide bonds. The van der Waals surface area contributed by atoms with Crippen LogP contribution in [0.5, 0.6) is 11.5 Å². The first-order valence-electron chi connectivity index (χ1n) is 5.31. The molecule has 0 aromatic heterocycles. The average molecular weight is 235 g/mol. The Morgan fingerprint density at radius 1 is 1.24 bits per heavy atom. The van der Waals surface area contributed by atoms with Gasteiger partial charge < -0.3 is 14.4 Å². The Balaban J connectivity index is 1.95. The molecular weight excluding hydrogens is 222 g/mol. The Labute approximate surface area is 98.9 Å². The van der Waals surface area contributed by atoms with Crippen molar-refractivity contribution in [3.05, 3.63) is 24.3 Å². The van der Waals surface area contributed by atoms with Gasteiger partial charge in [0.25, 0.3) is 0 Å². The molecule has 0 radical (unpaired) electrons. The predicted octanol–water partition coefficient (Wildman–Crippen LogP) is 1.47. The van der Waals surface area contributed by atoms with Crippen molar-refractivity contribution >= 4 is 11.9 Å². The maximum Gasteiger partial charge on any atom is 0.415 e. The molecule has 5 heteroatoms. The number of Topliss-reactive ketones (excluding diaryl/α,β-unsaturated/α-hetero) is 1. The number of hydrogen-bond acceptors (Lipinski definition) is 4. The van der Waals surface area contributed by atoms with Gasteiger partial charge in [0.2, 0.25) is 0 Å². The summed E-state index contributed by atoms with van der Waals surface area (Å²) >= 11 is 0. The Kier molecular flexibility index (Phi) is 3.27. The summed E-state index contributed by atoms with van der Waals surface area (Å²) in [5.74, 6) is 1.20. The van der Waals surface area contributed by atoms with Crippen molar-refractivity contribution in [1.29, 1.82) is 0 Å². The first-order valence-corrected chi connectivity index (χ1v) is 5.31. The normalized spacial score (nSPS) is 14.9. The molecule has 17 heavy (non-hydrogen) atoms. The number of ketones is 1. The van der Waals surface area contributed by atoms with Crippen LogP contribution >= 0.6 is 0 Å². The van der Waals surface area contributed by atoms with E-state index in [4.69, 9.17) is 9.47 Å². The predicted molar refractivity (Wildman–Crippen MR) is 60.2 cm³/mol. The smallest absolute Gasteiger partial charge is 0.415 e. The lowest BCUT2D eigenvalue weighted by atomic mass is 10.3. The van der Waals surface area contributed by atoms with Crippen molar-refractivity contribution in [2.24, 2.45) is 0 Å². The van der Waals surface area contributed by atoms with Gasteiger partial charge in [-0.3, -0.25) is 4.79 Å². The number of nitrogens with zero attached hydrogens (tertiary/aromatic N) is 1. The van der Waals surface area contributed by atoms with Gasteiger partial charge in [0.15, 0.2) is 5.78 Å². The molecule has 1 fully saturated rings. The summed E-state index contributed by atoms with van der Waals surface area (Å²) in [6.07, 6.45) is -0.0708. The van der Waals surface area contributed by atoms with Crippen molar-refractivity contribution in [1.82, 2.24) is 4.90 Å². The quantitative estimate of drug-likeness (QED) is 0.778. The number of carbonyl (C=O) groups excluding carboxylic acids is 2. The number of hydrogen-bond donors (Lipinski definition) is 0. The molecule has 0 unspecified atom stereocenters. The van der Waals surface area contributed by atoms with Crippen LogP contribution in [0.1, 0.15) is 6.42 Å². The summed E-state index contributed by atoms with van der Waals surface area (Å²) in [4.78, 5) is 24.1. The summed E-state index contributed by atoms with van der Waals surface area (Å²) in [6.45, 7) is 0.586. The lowest BCUT2D eigenvalue weighted by molar-refractivity contribution is -0.116. The molecule has 0 N–H and O–H groups in total. The summed E-state index contributed by atoms with van der Waals surface area (Å²) < 4.78 is 10.1. The van der Waals surface area contributed by atoms with Crippen LogP contribution in [0.3, 0.4) is 0 Å². The lowest BCUT2D eigenvalue weighted by Crippen LogP contribution is -2.31. The summed E-state index contributed by atoms with van der Waals surface area (Å²) in [5.41, 5.74) is 0. The first kappa shape index (κ1) is 11.4. The molecular formula is C12H13NO4. The number of amides is 1. The molecule has 0 aliphatic carbocycles. The van der Waals surface area contributed by atoms with E-state index in [1.807, 2.05) is 0 Å². The molecule has 1 aromatic carbocycles. The maximum atomic E-state index is 11.6. The van der Waals surface area contributed by atoms with Crippen molar-refractivity contribution in [2.75, 3.05) is 20.2 Å². The van der Waals surface area contributed by atoms with Gasteiger partial charge in [-0.15, -0.1) is 0 Å². The van der Waals surface area contributed by atoms with Gasteiger partial charge in [0.05, 0.1) is 13.7 Å². The van der Waals surface area contributed by atoms with E-state index in [9.17, 15) is 9.59 Å². The van der Waals surface area contributed by atoms with Crippen LogP contribution in [0, 0.1) is 0 Å². The highest BCUT2D eigenvalue weighted by atomic mass is 16.6. The largest absolute Gasteiger partial charge is 0.497 e. The van der Waals surface area contributed by atoms with E-state index in [-0.39, 0.29) is 12.3 Å². The van der Waals surface area contributed by atoms with Gasteiger partial charge >= 0.3 is 6.09 Å². The monoisotopic (exact) mass is 235 g/mol. The van der Waals surface area contributed by atoms with Gasteiger partial charge in [-0.25, -0.2) is 4.79 Å². The minimum atomic E-state index is -0.485. The summed E-state index contributed by atoms with van der Waals surface area (Å²) in [5, 5.41) is 0. The molecule has 1 aromatic rings. The second-order valence-corrected chi connectivity index (χ2v) is 3.75. The van der Waals surface area contributed by atoms with E-state index in [1.165, 1.54) is 4.90 Å². The third-order valence-corrected chi connectivity index (χ3v) is 2.55. The zero-order valence-electron chi connectivity index (χ0n) is 9.51. The Morgan fingerprint density at radius 2 is 1.88 bits per heavy atom. The first-order chi connectivity index (χ1) is 8.19. The standard InChI is InChI=1S/C12H13NO4/c1-16-10-2-4-11(5-3-10)17-12(15)13-7-6-9(14)8-13/h2-5H,6-8H2,1H3. The van der Waals surface area contributed by atoms with Gasteiger partial charge in [0.1, 0.15) is 11.5 Å². The van der Waals surface area contributed by atoms with Gasteiger partial charge in [-0.1, -0.05) is 0 Å². The number of rotatable bonds is 2. The summed E-state index contributed by atoms with van der Waals surface area (Å²) in [7, 11) is 1.57. The van der Waals surface area contributed by atoms with Crippen LogP contribution in [0.2, 0.25) is 0 Å². The van der Waals surface area contributed by atoms with E-state index in [2.05, 4.69) is 0 Å². The van der Waals surface area contributed by atoms with Gasteiger partial charge in [-0.05, 0) is 24.3 Å². The molecule has 5 nitrogen and oxygen atoms in total. The van der Waals surface area contributed by atoms with Crippen LogP contribution in [0.15, 0.2) is 24.3 Å². The molecule has 1 aliphatic heterocycles. The molecule has 0 bridgehead atoms. The SMILES string of the molecule is COc1ccc(OC(=O)N2CCC(=O)C2)cc1. The number of likely N-dealkylation sites (tertiary alicyclic amines) is 1. The second kappa shape index (κ2) is 4.86. The highest BCUT2D eigenvalue weighted by molar-refractivity contribution is 5.87. The van der Waals surface area contributed by atoms with Crippen molar-refractivity contribution < 1.29 is 19.1 Å². The fourth-order valence-corrected chi connectivity index (χ4v) is 1.60. The minimum Gasteiger partial charge on any atom is -0.497 e. The van der Waals surface area contributed by atoms with Gasteiger partial charge in [0, 0.05) is 13.0 Å². The van der Waals surface area contributed by atoms with Crippen molar-refractivity contribution in [3.63, 3.8) is 0 Å². The fourth-order valence-electron chi connectivity index (χ4n) is 1.60. The van der Waals surface area contributed by atoms with Crippen LogP contribution in [0.4, 0.5) is 4.79 Å². The van der Waals surface area contributed by atoms with Crippen LogP contribution in [-0.4, -0.2) is 37.0 Å². The Bertz CT molecular complexity index is 427. The summed E-state index contributed by atoms with van der Waals surface area (Å²) in [6, 6.07) is 6.71. The topological polar surface area (TPSA) is 55.8 Å². The Morgan fingerprint density at radius 3 is 2.41 bits per heavy atom. The lowest BCUT2D eigenvalue weighted by Gasteiger charge is -2.13.